The first-order valence-corrected chi connectivity index (χ1v) is 9.72. The van der Waals surface area contributed by atoms with Crippen LogP contribution in [0.1, 0.15) is 21.5 Å². The smallest absolute Gasteiger partial charge is 0.253 e. The van der Waals surface area contributed by atoms with Gasteiger partial charge in [0.25, 0.3) is 5.91 Å². The first-order valence-electron chi connectivity index (χ1n) is 9.72. The number of rotatable bonds is 5. The molecule has 0 bridgehead atoms. The van der Waals surface area contributed by atoms with Gasteiger partial charge in [-0.05, 0) is 24.3 Å². The summed E-state index contributed by atoms with van der Waals surface area (Å²) in [5.41, 5.74) is 2.70. The minimum Gasteiger partial charge on any atom is -0.378 e. The summed E-state index contributed by atoms with van der Waals surface area (Å²) in [7, 11) is 0. The molecule has 156 valence electrons. The van der Waals surface area contributed by atoms with Gasteiger partial charge in [0.15, 0.2) is 0 Å². The second-order valence-electron chi connectivity index (χ2n) is 6.94. The molecule has 0 radical (unpaired) electrons. The summed E-state index contributed by atoms with van der Waals surface area (Å²) in [5, 5.41) is 19.7. The molecule has 3 aromatic rings. The third-order valence-corrected chi connectivity index (χ3v) is 4.89. The van der Waals surface area contributed by atoms with E-state index in [-0.39, 0.29) is 12.5 Å². The van der Waals surface area contributed by atoms with Crippen molar-refractivity contribution in [1.29, 1.82) is 5.26 Å². The second-order valence-corrected chi connectivity index (χ2v) is 6.94. The number of halogens is 1. The van der Waals surface area contributed by atoms with E-state index in [0.717, 1.165) is 5.56 Å². The molecule has 4 rings (SSSR count). The summed E-state index contributed by atoms with van der Waals surface area (Å²) in [4.78, 5) is 18.9. The van der Waals surface area contributed by atoms with Crippen molar-refractivity contribution in [3.8, 4) is 17.3 Å². The Balaban J connectivity index is 1.49. The fraction of sp³-hybridized carbons (Fsp3) is 0.227. The molecule has 1 aliphatic heterocycles. The molecule has 3 heterocycles. The van der Waals surface area contributed by atoms with E-state index >= 15 is 0 Å². The summed E-state index contributed by atoms with van der Waals surface area (Å²) in [6.07, 6.45) is 2.54. The van der Waals surface area contributed by atoms with Crippen molar-refractivity contribution >= 4 is 11.7 Å². The summed E-state index contributed by atoms with van der Waals surface area (Å²) < 4.78 is 19.2. The van der Waals surface area contributed by atoms with Crippen molar-refractivity contribution in [2.24, 2.45) is 0 Å². The van der Waals surface area contributed by atoms with Gasteiger partial charge in [0.05, 0.1) is 48.5 Å². The van der Waals surface area contributed by atoms with E-state index < -0.39 is 5.82 Å². The van der Waals surface area contributed by atoms with Crippen LogP contribution in [0.2, 0.25) is 0 Å². The van der Waals surface area contributed by atoms with E-state index in [0.29, 0.717) is 54.5 Å². The van der Waals surface area contributed by atoms with Crippen molar-refractivity contribution in [1.82, 2.24) is 20.5 Å². The molecule has 0 spiro atoms. The third-order valence-electron chi connectivity index (χ3n) is 4.89. The van der Waals surface area contributed by atoms with Gasteiger partial charge in [-0.25, -0.2) is 9.37 Å². The third kappa shape index (κ3) is 4.82. The van der Waals surface area contributed by atoms with Gasteiger partial charge in [-0.1, -0.05) is 12.1 Å². The summed E-state index contributed by atoms with van der Waals surface area (Å²) >= 11 is 0. The highest BCUT2D eigenvalue weighted by Gasteiger charge is 2.18. The van der Waals surface area contributed by atoms with Gasteiger partial charge in [-0.15, -0.1) is 0 Å². The van der Waals surface area contributed by atoms with Crippen molar-refractivity contribution in [2.75, 3.05) is 31.2 Å². The van der Waals surface area contributed by atoms with Gasteiger partial charge < -0.3 is 15.0 Å². The lowest BCUT2D eigenvalue weighted by Crippen LogP contribution is -2.38. The van der Waals surface area contributed by atoms with Gasteiger partial charge in [-0.3, -0.25) is 4.79 Å². The number of carbonyl (C=O) groups is 1. The molecule has 1 saturated heterocycles. The number of hydrogen-bond acceptors (Lipinski definition) is 7. The molecule has 1 amide bonds. The molecule has 0 aliphatic carbocycles. The number of carbonyl (C=O) groups excluding carboxylic acids is 1. The van der Waals surface area contributed by atoms with Crippen LogP contribution in [0.25, 0.3) is 11.3 Å². The van der Waals surface area contributed by atoms with Crippen LogP contribution >= 0.6 is 0 Å². The SMILES string of the molecule is N#Cc1ccc(-c2cc(C(=O)NCc3cc(F)cnc3N3CCOCC3)cnn2)cc1. The van der Waals surface area contributed by atoms with E-state index in [4.69, 9.17) is 10.00 Å². The van der Waals surface area contributed by atoms with Gasteiger partial charge >= 0.3 is 0 Å². The zero-order chi connectivity index (χ0) is 21.6. The lowest BCUT2D eigenvalue weighted by Gasteiger charge is -2.29. The molecule has 0 atom stereocenters. The number of aromatic nitrogens is 3. The van der Waals surface area contributed by atoms with Crippen LogP contribution in [0.3, 0.4) is 0 Å². The molecule has 9 heteroatoms. The van der Waals surface area contributed by atoms with E-state index in [1.807, 2.05) is 4.90 Å². The Morgan fingerprint density at radius 2 is 1.97 bits per heavy atom. The average Bonchev–Trinajstić information content (AvgIpc) is 2.83. The normalized spacial score (nSPS) is 13.5. The number of anilines is 1. The molecule has 1 N–H and O–H groups in total. The van der Waals surface area contributed by atoms with Crippen molar-refractivity contribution in [3.63, 3.8) is 0 Å². The maximum atomic E-state index is 13.8. The van der Waals surface area contributed by atoms with E-state index in [1.165, 1.54) is 18.5 Å². The minimum absolute atomic E-state index is 0.116. The predicted molar refractivity (Wildman–Crippen MR) is 111 cm³/mol. The second kappa shape index (κ2) is 9.28. The number of nitriles is 1. The van der Waals surface area contributed by atoms with Gasteiger partial charge in [0.2, 0.25) is 0 Å². The number of nitrogens with zero attached hydrogens (tertiary/aromatic N) is 5. The molecule has 1 aliphatic rings. The molecule has 1 fully saturated rings. The Bertz CT molecular complexity index is 1120. The zero-order valence-electron chi connectivity index (χ0n) is 16.6. The van der Waals surface area contributed by atoms with Gasteiger partial charge in [0, 0.05) is 30.8 Å². The number of benzene rings is 1. The first-order chi connectivity index (χ1) is 15.1. The van der Waals surface area contributed by atoms with E-state index in [2.05, 4.69) is 26.6 Å². The van der Waals surface area contributed by atoms with Crippen molar-refractivity contribution in [3.05, 3.63) is 71.3 Å². The molecule has 0 saturated carbocycles. The zero-order valence-corrected chi connectivity index (χ0v) is 16.6. The van der Waals surface area contributed by atoms with Gasteiger partial charge in [0.1, 0.15) is 11.6 Å². The first kappa shape index (κ1) is 20.4. The molecule has 2 aromatic heterocycles. The number of hydrogen-bond donors (Lipinski definition) is 1. The maximum Gasteiger partial charge on any atom is 0.253 e. The Kier molecular flexibility index (Phi) is 6.10. The van der Waals surface area contributed by atoms with Crippen molar-refractivity contribution < 1.29 is 13.9 Å². The molecule has 8 nitrogen and oxygen atoms in total. The minimum atomic E-state index is -0.463. The highest BCUT2D eigenvalue weighted by Crippen LogP contribution is 2.21. The van der Waals surface area contributed by atoms with E-state index in [1.54, 1.807) is 30.3 Å². The van der Waals surface area contributed by atoms with Gasteiger partial charge in [-0.2, -0.15) is 15.5 Å². The Morgan fingerprint density at radius 1 is 1.19 bits per heavy atom. The average molecular weight is 418 g/mol. The molecular weight excluding hydrogens is 399 g/mol. The monoisotopic (exact) mass is 418 g/mol. The number of ether oxygens (including phenoxy) is 1. The summed E-state index contributed by atoms with van der Waals surface area (Å²) in [6.45, 7) is 2.58. The highest BCUT2D eigenvalue weighted by molar-refractivity contribution is 5.94. The largest absolute Gasteiger partial charge is 0.378 e. The summed E-state index contributed by atoms with van der Waals surface area (Å²) in [5.74, 6) is -0.187. The van der Waals surface area contributed by atoms with Crippen LogP contribution in [-0.4, -0.2) is 47.4 Å². The maximum absolute atomic E-state index is 13.8. The van der Waals surface area contributed by atoms with Crippen LogP contribution in [-0.2, 0) is 11.3 Å². The topological polar surface area (TPSA) is 104 Å². The Labute approximate surface area is 178 Å². The number of amides is 1. The number of pyridine rings is 1. The molecule has 0 unspecified atom stereocenters. The predicted octanol–water partition coefficient (Wildman–Crippen LogP) is 2.32. The standard InChI is InChI=1S/C22H19FN6O2/c23-19-9-17(21(25-14-19)29-5-7-31-8-6-29)12-26-22(30)18-10-20(28-27-13-18)16-3-1-15(11-24)2-4-16/h1-4,9-10,13-14H,5-8,12H2,(H,26,30). The molecular formula is C22H19FN6O2. The highest BCUT2D eigenvalue weighted by atomic mass is 19.1. The number of nitrogens with one attached hydrogen (secondary N) is 1. The van der Waals surface area contributed by atoms with Crippen LogP contribution in [0.15, 0.2) is 48.8 Å². The quantitative estimate of drug-likeness (QED) is 0.678. The fourth-order valence-electron chi connectivity index (χ4n) is 3.29. The molecule has 31 heavy (non-hydrogen) atoms. The van der Waals surface area contributed by atoms with Crippen molar-refractivity contribution in [2.45, 2.75) is 6.54 Å². The van der Waals surface area contributed by atoms with E-state index in [9.17, 15) is 9.18 Å². The fourth-order valence-corrected chi connectivity index (χ4v) is 3.29. The number of morpholine rings is 1. The van der Waals surface area contributed by atoms with Crippen LogP contribution < -0.4 is 10.2 Å². The summed E-state index contributed by atoms with van der Waals surface area (Å²) in [6, 6.07) is 11.9. The Hall–Kier alpha value is -3.90. The van der Waals surface area contributed by atoms with Crippen LogP contribution in [0, 0.1) is 17.1 Å². The van der Waals surface area contributed by atoms with Crippen LogP contribution in [0.5, 0.6) is 0 Å². The molecule has 1 aromatic carbocycles. The Morgan fingerprint density at radius 3 is 2.71 bits per heavy atom. The lowest BCUT2D eigenvalue weighted by molar-refractivity contribution is 0.0950. The lowest BCUT2D eigenvalue weighted by atomic mass is 10.1. The van der Waals surface area contributed by atoms with Crippen LogP contribution in [0.4, 0.5) is 10.2 Å².